The zero-order chi connectivity index (χ0) is 15.6. The van der Waals surface area contributed by atoms with Gasteiger partial charge in [0.2, 0.25) is 0 Å². The van der Waals surface area contributed by atoms with Crippen LogP contribution in [0.15, 0.2) is 21.1 Å². The van der Waals surface area contributed by atoms with Crippen molar-refractivity contribution in [1.29, 1.82) is 0 Å². The molecule has 1 aromatic carbocycles. The lowest BCUT2D eigenvalue weighted by Gasteiger charge is -2.43. The van der Waals surface area contributed by atoms with Gasteiger partial charge < -0.3 is 15.5 Å². The molecule has 1 fully saturated rings. The van der Waals surface area contributed by atoms with Gasteiger partial charge in [0.1, 0.15) is 5.75 Å². The first kappa shape index (κ1) is 17.2. The number of nitrogens with zero attached hydrogens (tertiary/aromatic N) is 1. The number of aliphatic hydroxyl groups is 1. The third kappa shape index (κ3) is 3.79. The Morgan fingerprint density at radius 2 is 1.76 bits per heavy atom. The van der Waals surface area contributed by atoms with E-state index in [2.05, 4.69) is 55.9 Å². The number of benzene rings is 1. The van der Waals surface area contributed by atoms with E-state index in [1.165, 1.54) is 0 Å². The van der Waals surface area contributed by atoms with Gasteiger partial charge in [-0.3, -0.25) is 4.90 Å². The van der Waals surface area contributed by atoms with Gasteiger partial charge in [0.15, 0.2) is 0 Å². The van der Waals surface area contributed by atoms with Crippen molar-refractivity contribution in [3.63, 3.8) is 0 Å². The Labute approximate surface area is 142 Å². The Kier molecular flexibility index (Phi) is 5.71. The van der Waals surface area contributed by atoms with Gasteiger partial charge in [-0.1, -0.05) is 13.8 Å². The second kappa shape index (κ2) is 6.96. The van der Waals surface area contributed by atoms with Crippen LogP contribution in [0.3, 0.4) is 0 Å². The molecule has 6 heteroatoms. The summed E-state index contributed by atoms with van der Waals surface area (Å²) in [4.78, 5) is 2.40. The molecule has 0 bridgehead atoms. The Morgan fingerprint density at radius 1 is 1.24 bits per heavy atom. The maximum absolute atomic E-state index is 9.92. The molecule has 1 atom stereocenters. The predicted molar refractivity (Wildman–Crippen MR) is 91.6 cm³/mol. The lowest BCUT2D eigenvalue weighted by molar-refractivity contribution is 0.0304. The Balaban J connectivity index is 2.44. The molecule has 1 aromatic rings. The molecule has 4 nitrogen and oxygen atoms in total. The summed E-state index contributed by atoms with van der Waals surface area (Å²) in [6.07, 6.45) is 0. The zero-order valence-electron chi connectivity index (χ0n) is 12.4. The topological polar surface area (TPSA) is 55.7 Å². The van der Waals surface area contributed by atoms with Gasteiger partial charge in [-0.15, -0.1) is 0 Å². The van der Waals surface area contributed by atoms with Crippen molar-refractivity contribution >= 4 is 31.9 Å². The highest BCUT2D eigenvalue weighted by molar-refractivity contribution is 9.11. The Morgan fingerprint density at radius 3 is 2.24 bits per heavy atom. The number of halogens is 2. The molecule has 0 aromatic heterocycles. The molecular weight excluding hydrogens is 400 g/mol. The summed E-state index contributed by atoms with van der Waals surface area (Å²) in [6, 6.07) is 3.99. The van der Waals surface area contributed by atoms with E-state index in [4.69, 9.17) is 0 Å². The van der Waals surface area contributed by atoms with E-state index in [9.17, 15) is 10.2 Å². The first-order valence-electron chi connectivity index (χ1n) is 7.10. The SMILES string of the molecule is CC(C)(CO)[C@H](c1cc(Br)c(O)c(Br)c1)N1CCNCC1. The molecule has 1 heterocycles. The van der Waals surface area contributed by atoms with Gasteiger partial charge in [0.05, 0.1) is 8.95 Å². The summed E-state index contributed by atoms with van der Waals surface area (Å²) in [5.41, 5.74) is 0.820. The molecule has 21 heavy (non-hydrogen) atoms. The lowest BCUT2D eigenvalue weighted by atomic mass is 9.79. The summed E-state index contributed by atoms with van der Waals surface area (Å²) in [5, 5.41) is 23.1. The number of piperazine rings is 1. The number of aliphatic hydroxyl groups excluding tert-OH is 1. The summed E-state index contributed by atoms with van der Waals surface area (Å²) in [5.74, 6) is 0.208. The molecule has 1 saturated heterocycles. The molecule has 0 aliphatic carbocycles. The van der Waals surface area contributed by atoms with Crippen LogP contribution < -0.4 is 5.32 Å². The van der Waals surface area contributed by atoms with Crippen molar-refractivity contribution in [1.82, 2.24) is 10.2 Å². The minimum absolute atomic E-state index is 0.0952. The number of hydrogen-bond acceptors (Lipinski definition) is 4. The second-order valence-corrected chi connectivity index (χ2v) is 7.88. The number of phenolic OH excluding ortho intramolecular Hbond substituents is 1. The van der Waals surface area contributed by atoms with Gasteiger partial charge in [-0.05, 0) is 49.6 Å². The van der Waals surface area contributed by atoms with Crippen LogP contribution in [-0.4, -0.2) is 47.9 Å². The first-order chi connectivity index (χ1) is 9.86. The molecule has 0 amide bonds. The quantitative estimate of drug-likeness (QED) is 0.699. The van der Waals surface area contributed by atoms with Crippen molar-refractivity contribution < 1.29 is 10.2 Å². The number of nitrogens with one attached hydrogen (secondary N) is 1. The van der Waals surface area contributed by atoms with Crippen LogP contribution in [0, 0.1) is 5.41 Å². The van der Waals surface area contributed by atoms with E-state index in [0.29, 0.717) is 8.95 Å². The van der Waals surface area contributed by atoms with Crippen LogP contribution in [-0.2, 0) is 0 Å². The maximum atomic E-state index is 9.92. The molecule has 2 rings (SSSR count). The van der Waals surface area contributed by atoms with Crippen molar-refractivity contribution in [2.75, 3.05) is 32.8 Å². The lowest BCUT2D eigenvalue weighted by Crippen LogP contribution is -2.49. The number of phenols is 1. The van der Waals surface area contributed by atoms with Crippen LogP contribution in [0.5, 0.6) is 5.75 Å². The van der Waals surface area contributed by atoms with Crippen LogP contribution in [0.4, 0.5) is 0 Å². The minimum atomic E-state index is -0.271. The van der Waals surface area contributed by atoms with E-state index in [-0.39, 0.29) is 23.8 Å². The van der Waals surface area contributed by atoms with Gasteiger partial charge >= 0.3 is 0 Å². The van der Waals surface area contributed by atoms with Crippen LogP contribution in [0.1, 0.15) is 25.5 Å². The van der Waals surface area contributed by atoms with E-state index < -0.39 is 0 Å². The van der Waals surface area contributed by atoms with Crippen molar-refractivity contribution in [2.45, 2.75) is 19.9 Å². The second-order valence-electron chi connectivity index (χ2n) is 6.17. The average Bonchev–Trinajstić information content (AvgIpc) is 2.46. The van der Waals surface area contributed by atoms with E-state index in [1.54, 1.807) is 0 Å². The predicted octanol–water partition coefficient (Wildman–Crippen LogP) is 2.88. The summed E-state index contributed by atoms with van der Waals surface area (Å²) < 4.78 is 1.33. The molecule has 1 aliphatic rings. The van der Waals surface area contributed by atoms with Crippen LogP contribution in [0.25, 0.3) is 0 Å². The highest BCUT2D eigenvalue weighted by Gasteiger charge is 2.36. The molecule has 3 N–H and O–H groups in total. The standard InChI is InChI=1S/C15H22Br2N2O2/c1-15(2,9-20)14(19-5-3-18-4-6-19)10-7-11(16)13(21)12(17)8-10/h7-8,14,18,20-21H,3-6,9H2,1-2H3/t14-/m0/s1. The zero-order valence-corrected chi connectivity index (χ0v) is 15.5. The van der Waals surface area contributed by atoms with Crippen LogP contribution >= 0.6 is 31.9 Å². The molecule has 0 saturated carbocycles. The molecule has 118 valence electrons. The third-order valence-electron chi connectivity index (χ3n) is 4.02. The monoisotopic (exact) mass is 420 g/mol. The van der Waals surface area contributed by atoms with Crippen molar-refractivity contribution in [3.05, 3.63) is 26.6 Å². The van der Waals surface area contributed by atoms with Crippen LogP contribution in [0.2, 0.25) is 0 Å². The number of aromatic hydroxyl groups is 1. The van der Waals surface area contributed by atoms with E-state index >= 15 is 0 Å². The molecular formula is C15H22Br2N2O2. The largest absolute Gasteiger partial charge is 0.506 e. The molecule has 0 unspecified atom stereocenters. The van der Waals surface area contributed by atoms with Crippen molar-refractivity contribution in [2.24, 2.45) is 5.41 Å². The fourth-order valence-corrected chi connectivity index (χ4v) is 4.15. The van der Waals surface area contributed by atoms with E-state index in [0.717, 1.165) is 31.7 Å². The summed E-state index contributed by atoms with van der Waals surface area (Å²) >= 11 is 6.81. The molecule has 1 aliphatic heterocycles. The van der Waals surface area contributed by atoms with Gasteiger partial charge in [0.25, 0.3) is 0 Å². The normalized spacial score (nSPS) is 18.7. The van der Waals surface area contributed by atoms with Crippen molar-refractivity contribution in [3.8, 4) is 5.75 Å². The average molecular weight is 422 g/mol. The van der Waals surface area contributed by atoms with Gasteiger partial charge in [-0.25, -0.2) is 0 Å². The fraction of sp³-hybridized carbons (Fsp3) is 0.600. The third-order valence-corrected chi connectivity index (χ3v) is 5.23. The van der Waals surface area contributed by atoms with Gasteiger partial charge in [-0.2, -0.15) is 0 Å². The smallest absolute Gasteiger partial charge is 0.143 e. The molecule has 0 radical (unpaired) electrons. The summed E-state index contributed by atoms with van der Waals surface area (Å²) in [6.45, 7) is 8.08. The fourth-order valence-electron chi connectivity index (χ4n) is 2.93. The first-order valence-corrected chi connectivity index (χ1v) is 8.69. The summed E-state index contributed by atoms with van der Waals surface area (Å²) in [7, 11) is 0. The molecule has 0 spiro atoms. The van der Waals surface area contributed by atoms with E-state index in [1.807, 2.05) is 12.1 Å². The minimum Gasteiger partial charge on any atom is -0.506 e. The van der Waals surface area contributed by atoms with Gasteiger partial charge in [0, 0.05) is 44.2 Å². The number of rotatable bonds is 4. The Bertz CT molecular complexity index is 479. The number of hydrogen-bond donors (Lipinski definition) is 3. The highest BCUT2D eigenvalue weighted by atomic mass is 79.9. The highest BCUT2D eigenvalue weighted by Crippen LogP contribution is 2.42. The maximum Gasteiger partial charge on any atom is 0.143 e. The Hall–Kier alpha value is -0.140.